The quantitative estimate of drug-likeness (QED) is 0.763. The van der Waals surface area contributed by atoms with E-state index in [0.29, 0.717) is 0 Å². The molecule has 1 unspecified atom stereocenters. The van der Waals surface area contributed by atoms with Crippen molar-refractivity contribution < 1.29 is 14.4 Å². The molecule has 1 rings (SSSR count). The Bertz CT molecular complexity index is 392. The Balaban J connectivity index is 2.82. The van der Waals surface area contributed by atoms with Gasteiger partial charge in [-0.3, -0.25) is 14.4 Å². The first kappa shape index (κ1) is 13.2. The summed E-state index contributed by atoms with van der Waals surface area (Å²) in [7, 11) is 2.88. The molecule has 0 radical (unpaired) electrons. The molecule has 2 N–H and O–H groups in total. The van der Waals surface area contributed by atoms with Crippen LogP contribution < -0.4 is 5.73 Å². The summed E-state index contributed by atoms with van der Waals surface area (Å²) in [4.78, 5) is 27.8. The Morgan fingerprint density at radius 3 is 2.41 bits per heavy atom. The zero-order chi connectivity index (χ0) is 12.8. The van der Waals surface area contributed by atoms with E-state index >= 15 is 0 Å². The number of nitrogens with two attached hydrogens (primary N) is 1. The van der Waals surface area contributed by atoms with Crippen molar-refractivity contribution in [1.82, 2.24) is 5.06 Å². The number of benzene rings is 1. The Hall–Kier alpha value is -1.88. The van der Waals surface area contributed by atoms with Crippen LogP contribution in [0.15, 0.2) is 30.3 Å². The molecule has 0 bridgehead atoms. The van der Waals surface area contributed by atoms with E-state index in [0.717, 1.165) is 10.6 Å². The van der Waals surface area contributed by atoms with Gasteiger partial charge in [-0.1, -0.05) is 30.3 Å². The normalized spacial score (nSPS) is 11.9. The first-order valence-electron chi connectivity index (χ1n) is 5.21. The smallest absolute Gasteiger partial charge is 0.246 e. The lowest BCUT2D eigenvalue weighted by Gasteiger charge is -2.18. The van der Waals surface area contributed by atoms with Gasteiger partial charge in [0, 0.05) is 13.5 Å². The molecule has 17 heavy (non-hydrogen) atoms. The average Bonchev–Trinajstić information content (AvgIpc) is 2.35. The average molecular weight is 236 g/mol. The van der Waals surface area contributed by atoms with Crippen LogP contribution in [0.3, 0.4) is 0 Å². The third-order valence-electron chi connectivity index (χ3n) is 2.55. The minimum Gasteiger partial charge on any atom is -0.369 e. The van der Waals surface area contributed by atoms with E-state index in [9.17, 15) is 9.59 Å². The van der Waals surface area contributed by atoms with Crippen molar-refractivity contribution in [3.05, 3.63) is 35.9 Å². The Morgan fingerprint density at radius 2 is 1.94 bits per heavy atom. The fraction of sp³-hybridized carbons (Fsp3) is 0.333. The number of primary amides is 1. The highest BCUT2D eigenvalue weighted by Gasteiger charge is 2.23. The number of carbonyl (C=O) groups excluding carboxylic acids is 2. The lowest BCUT2D eigenvalue weighted by atomic mass is 9.95. The van der Waals surface area contributed by atoms with Crippen LogP contribution in [0.1, 0.15) is 17.9 Å². The maximum absolute atomic E-state index is 11.7. The standard InChI is InChI=1S/C12H16N2O3/c1-14(17-2)11(15)8-10(12(13)16)9-6-4-3-5-7-9/h3-7,10H,8H2,1-2H3,(H2,13,16). The maximum Gasteiger partial charge on any atom is 0.246 e. The summed E-state index contributed by atoms with van der Waals surface area (Å²) in [6.07, 6.45) is 0.00366. The second-order valence-corrected chi connectivity index (χ2v) is 3.64. The van der Waals surface area contributed by atoms with Crippen molar-refractivity contribution in [2.75, 3.05) is 14.2 Å². The highest BCUT2D eigenvalue weighted by molar-refractivity contribution is 5.88. The molecule has 5 nitrogen and oxygen atoms in total. The molecule has 0 spiro atoms. The lowest BCUT2D eigenvalue weighted by molar-refractivity contribution is -0.169. The van der Waals surface area contributed by atoms with Gasteiger partial charge in [0.15, 0.2) is 0 Å². The van der Waals surface area contributed by atoms with Crippen molar-refractivity contribution in [2.45, 2.75) is 12.3 Å². The molecule has 0 saturated heterocycles. The van der Waals surface area contributed by atoms with Crippen molar-refractivity contribution >= 4 is 11.8 Å². The van der Waals surface area contributed by atoms with Gasteiger partial charge in [-0.25, -0.2) is 5.06 Å². The van der Waals surface area contributed by atoms with Crippen molar-refractivity contribution in [3.8, 4) is 0 Å². The number of nitrogens with zero attached hydrogens (tertiary/aromatic N) is 1. The molecule has 1 atom stereocenters. The minimum atomic E-state index is -0.624. The molecule has 1 aromatic carbocycles. The topological polar surface area (TPSA) is 72.6 Å². The third-order valence-corrected chi connectivity index (χ3v) is 2.55. The van der Waals surface area contributed by atoms with Gasteiger partial charge in [-0.05, 0) is 5.56 Å². The van der Waals surface area contributed by atoms with Crippen LogP contribution in [0.4, 0.5) is 0 Å². The Labute approximate surface area is 100 Å². The highest BCUT2D eigenvalue weighted by atomic mass is 16.7. The van der Waals surface area contributed by atoms with E-state index in [-0.39, 0.29) is 12.3 Å². The van der Waals surface area contributed by atoms with Crippen molar-refractivity contribution in [2.24, 2.45) is 5.73 Å². The van der Waals surface area contributed by atoms with E-state index in [4.69, 9.17) is 10.6 Å². The number of hydroxylamine groups is 2. The second-order valence-electron chi connectivity index (χ2n) is 3.64. The van der Waals surface area contributed by atoms with Crippen LogP contribution in [0, 0.1) is 0 Å². The molecule has 0 aromatic heterocycles. The maximum atomic E-state index is 11.7. The molecule has 0 heterocycles. The lowest BCUT2D eigenvalue weighted by Crippen LogP contribution is -2.31. The van der Waals surface area contributed by atoms with Gasteiger partial charge in [-0.2, -0.15) is 0 Å². The second kappa shape index (κ2) is 6.00. The predicted octanol–water partition coefficient (Wildman–Crippen LogP) is 0.665. The van der Waals surface area contributed by atoms with E-state index < -0.39 is 11.8 Å². The van der Waals surface area contributed by atoms with Gasteiger partial charge in [0.25, 0.3) is 0 Å². The molecular weight excluding hydrogens is 220 g/mol. The molecule has 5 heteroatoms. The number of rotatable bonds is 5. The molecule has 0 aliphatic carbocycles. The third kappa shape index (κ3) is 3.57. The molecule has 0 aliphatic rings. The van der Waals surface area contributed by atoms with E-state index in [2.05, 4.69) is 0 Å². The summed E-state index contributed by atoms with van der Waals surface area (Å²) in [5, 5.41) is 1.08. The number of amides is 2. The van der Waals surface area contributed by atoms with Gasteiger partial charge in [-0.15, -0.1) is 0 Å². The van der Waals surface area contributed by atoms with Crippen molar-refractivity contribution in [3.63, 3.8) is 0 Å². The Kier molecular flexibility index (Phi) is 4.66. The molecule has 0 saturated carbocycles. The zero-order valence-corrected chi connectivity index (χ0v) is 9.92. The van der Waals surface area contributed by atoms with Gasteiger partial charge in [0.2, 0.25) is 11.8 Å². The number of hydrogen-bond donors (Lipinski definition) is 1. The van der Waals surface area contributed by atoms with Gasteiger partial charge in [0.1, 0.15) is 0 Å². The fourth-order valence-corrected chi connectivity index (χ4v) is 1.47. The van der Waals surface area contributed by atoms with Gasteiger partial charge in [0.05, 0.1) is 13.0 Å². The van der Waals surface area contributed by atoms with E-state index in [1.54, 1.807) is 24.3 Å². The van der Waals surface area contributed by atoms with Crippen LogP contribution >= 0.6 is 0 Å². The molecule has 0 fully saturated rings. The summed E-state index contributed by atoms with van der Waals surface area (Å²) in [5.74, 6) is -1.43. The van der Waals surface area contributed by atoms with E-state index in [1.165, 1.54) is 14.2 Å². The van der Waals surface area contributed by atoms with Gasteiger partial charge < -0.3 is 5.73 Å². The summed E-state index contributed by atoms with van der Waals surface area (Å²) < 4.78 is 0. The monoisotopic (exact) mass is 236 g/mol. The zero-order valence-electron chi connectivity index (χ0n) is 9.92. The molecule has 1 aromatic rings. The molecule has 0 aliphatic heterocycles. The SMILES string of the molecule is CON(C)C(=O)CC(C(N)=O)c1ccccc1. The Morgan fingerprint density at radius 1 is 1.35 bits per heavy atom. The summed E-state index contributed by atoms with van der Waals surface area (Å²) in [5.41, 5.74) is 6.04. The van der Waals surface area contributed by atoms with Crippen LogP contribution in [-0.4, -0.2) is 31.0 Å². The fourth-order valence-electron chi connectivity index (χ4n) is 1.47. The molecule has 92 valence electrons. The number of hydrogen-bond acceptors (Lipinski definition) is 3. The first-order chi connectivity index (χ1) is 8.06. The molecular formula is C12H16N2O3. The minimum absolute atomic E-state index is 0.00366. The summed E-state index contributed by atoms with van der Waals surface area (Å²) in [6.45, 7) is 0. The summed E-state index contributed by atoms with van der Waals surface area (Å²) in [6, 6.07) is 8.99. The number of carbonyl (C=O) groups is 2. The van der Waals surface area contributed by atoms with Crippen LogP contribution in [0.25, 0.3) is 0 Å². The van der Waals surface area contributed by atoms with E-state index in [1.807, 2.05) is 6.07 Å². The predicted molar refractivity (Wildman–Crippen MR) is 62.8 cm³/mol. The van der Waals surface area contributed by atoms with Crippen LogP contribution in [0.5, 0.6) is 0 Å². The molecule has 2 amide bonds. The van der Waals surface area contributed by atoms with Crippen molar-refractivity contribution in [1.29, 1.82) is 0 Å². The summed E-state index contributed by atoms with van der Waals surface area (Å²) >= 11 is 0. The highest BCUT2D eigenvalue weighted by Crippen LogP contribution is 2.19. The van der Waals surface area contributed by atoms with Crippen LogP contribution in [-0.2, 0) is 14.4 Å². The largest absolute Gasteiger partial charge is 0.369 e. The first-order valence-corrected chi connectivity index (χ1v) is 5.21. The van der Waals surface area contributed by atoms with Crippen LogP contribution in [0.2, 0.25) is 0 Å². The van der Waals surface area contributed by atoms with Gasteiger partial charge >= 0.3 is 0 Å².